The van der Waals surface area contributed by atoms with E-state index in [1.54, 1.807) is 18.2 Å². The molecular formula is C19H13O2. The smallest absolute Gasteiger partial charge is 0.237 e. The Kier molecular flexibility index (Phi) is 3.79. The third-order valence-electron chi connectivity index (χ3n) is 3.19. The van der Waals surface area contributed by atoms with Crippen molar-refractivity contribution in [2.45, 2.75) is 0 Å². The van der Waals surface area contributed by atoms with Gasteiger partial charge >= 0.3 is 0 Å². The summed E-state index contributed by atoms with van der Waals surface area (Å²) in [4.78, 5) is 11.0. The first-order valence-corrected chi connectivity index (χ1v) is 6.68. The fourth-order valence-electron chi connectivity index (χ4n) is 2.17. The molecule has 2 heteroatoms. The fraction of sp³-hybridized carbons (Fsp3) is 0. The normalized spacial score (nSPS) is 10.1. The molecule has 0 bridgehead atoms. The third-order valence-corrected chi connectivity index (χ3v) is 3.19. The molecule has 1 radical (unpaired) electrons. The van der Waals surface area contributed by atoms with Crippen LogP contribution in [0.25, 0.3) is 11.1 Å². The standard InChI is InChI=1S/C19H13O2/c20-14-16-10-4-6-12-18(16)21-19-13-7-5-11-17(19)15-8-2-1-3-9-15/h1-13H. The molecule has 0 saturated carbocycles. The van der Waals surface area contributed by atoms with Gasteiger partial charge in [-0.2, -0.15) is 0 Å². The van der Waals surface area contributed by atoms with Gasteiger partial charge in [0.05, 0.1) is 5.56 Å². The Morgan fingerprint density at radius 1 is 0.667 bits per heavy atom. The molecule has 0 unspecified atom stereocenters. The zero-order valence-corrected chi connectivity index (χ0v) is 11.3. The average molecular weight is 273 g/mol. The van der Waals surface area contributed by atoms with Crippen LogP contribution in [0.2, 0.25) is 0 Å². The topological polar surface area (TPSA) is 26.3 Å². The van der Waals surface area contributed by atoms with Crippen LogP contribution in [0.5, 0.6) is 11.5 Å². The molecule has 21 heavy (non-hydrogen) atoms. The SMILES string of the molecule is O=[C]c1ccccc1Oc1ccccc1-c1ccccc1. The lowest BCUT2D eigenvalue weighted by Crippen LogP contribution is -1.92. The molecule has 0 amide bonds. The van der Waals surface area contributed by atoms with Gasteiger partial charge in [0.1, 0.15) is 11.5 Å². The predicted molar refractivity (Wildman–Crippen MR) is 83.2 cm³/mol. The summed E-state index contributed by atoms with van der Waals surface area (Å²) in [6.45, 7) is 0. The maximum absolute atomic E-state index is 11.0. The lowest BCUT2D eigenvalue weighted by molar-refractivity contribution is 0.481. The van der Waals surface area contributed by atoms with Crippen molar-refractivity contribution in [2.75, 3.05) is 0 Å². The van der Waals surface area contributed by atoms with Crippen LogP contribution in [0, 0.1) is 0 Å². The molecule has 0 aromatic heterocycles. The highest BCUT2D eigenvalue weighted by Crippen LogP contribution is 2.33. The van der Waals surface area contributed by atoms with E-state index in [0.717, 1.165) is 11.1 Å². The lowest BCUT2D eigenvalue weighted by atomic mass is 10.0. The summed E-state index contributed by atoms with van der Waals surface area (Å²) in [6, 6.07) is 24.8. The maximum Gasteiger partial charge on any atom is 0.237 e. The van der Waals surface area contributed by atoms with E-state index in [0.29, 0.717) is 17.1 Å². The van der Waals surface area contributed by atoms with Gasteiger partial charge in [0.2, 0.25) is 6.29 Å². The van der Waals surface area contributed by atoms with Crippen LogP contribution >= 0.6 is 0 Å². The predicted octanol–water partition coefficient (Wildman–Crippen LogP) is 4.60. The number of hydrogen-bond acceptors (Lipinski definition) is 2. The summed E-state index contributed by atoms with van der Waals surface area (Å²) in [7, 11) is 0. The molecule has 3 rings (SSSR count). The number of carbonyl (C=O) groups excluding carboxylic acids is 1. The molecule has 0 N–H and O–H groups in total. The number of para-hydroxylation sites is 2. The quantitative estimate of drug-likeness (QED) is 0.694. The van der Waals surface area contributed by atoms with E-state index in [1.807, 2.05) is 66.9 Å². The second kappa shape index (κ2) is 6.06. The largest absolute Gasteiger partial charge is 0.456 e. The van der Waals surface area contributed by atoms with E-state index in [4.69, 9.17) is 4.74 Å². The van der Waals surface area contributed by atoms with Crippen molar-refractivity contribution in [3.05, 3.63) is 84.4 Å². The highest BCUT2D eigenvalue weighted by Gasteiger charge is 2.09. The van der Waals surface area contributed by atoms with Crippen molar-refractivity contribution < 1.29 is 9.53 Å². The van der Waals surface area contributed by atoms with Crippen molar-refractivity contribution >= 4 is 6.29 Å². The van der Waals surface area contributed by atoms with Crippen molar-refractivity contribution in [1.82, 2.24) is 0 Å². The number of ether oxygens (including phenoxy) is 1. The molecule has 0 spiro atoms. The van der Waals surface area contributed by atoms with E-state index >= 15 is 0 Å². The van der Waals surface area contributed by atoms with Gasteiger partial charge in [0.15, 0.2) is 0 Å². The molecule has 0 atom stereocenters. The van der Waals surface area contributed by atoms with Gasteiger partial charge in [-0.05, 0) is 23.8 Å². The second-order valence-electron chi connectivity index (χ2n) is 4.56. The van der Waals surface area contributed by atoms with E-state index in [2.05, 4.69) is 0 Å². The van der Waals surface area contributed by atoms with Crippen molar-refractivity contribution in [3.63, 3.8) is 0 Å². The summed E-state index contributed by atoms with van der Waals surface area (Å²) in [6.07, 6.45) is 1.90. The maximum atomic E-state index is 11.0. The molecule has 2 nitrogen and oxygen atoms in total. The first-order valence-electron chi connectivity index (χ1n) is 6.68. The van der Waals surface area contributed by atoms with E-state index in [9.17, 15) is 4.79 Å². The lowest BCUT2D eigenvalue weighted by Gasteiger charge is -2.12. The third kappa shape index (κ3) is 2.84. The van der Waals surface area contributed by atoms with Crippen LogP contribution in [0.4, 0.5) is 0 Å². The van der Waals surface area contributed by atoms with Gasteiger partial charge in [0.25, 0.3) is 0 Å². The van der Waals surface area contributed by atoms with Crippen molar-refractivity contribution in [2.24, 2.45) is 0 Å². The minimum atomic E-state index is 0.417. The first kappa shape index (κ1) is 13.1. The van der Waals surface area contributed by atoms with Gasteiger partial charge in [-0.15, -0.1) is 0 Å². The highest BCUT2D eigenvalue weighted by atomic mass is 16.5. The molecule has 0 aliphatic carbocycles. The van der Waals surface area contributed by atoms with Gasteiger partial charge < -0.3 is 4.74 Å². The Balaban J connectivity index is 2.02. The molecule has 0 aliphatic heterocycles. The van der Waals surface area contributed by atoms with Crippen LogP contribution in [0.3, 0.4) is 0 Å². The van der Waals surface area contributed by atoms with Crippen LogP contribution in [0.1, 0.15) is 5.56 Å². The number of hydrogen-bond donors (Lipinski definition) is 0. The Bertz CT molecular complexity index is 748. The fourth-order valence-corrected chi connectivity index (χ4v) is 2.17. The van der Waals surface area contributed by atoms with Crippen molar-refractivity contribution in [3.8, 4) is 22.6 Å². The highest BCUT2D eigenvalue weighted by molar-refractivity contribution is 5.80. The van der Waals surface area contributed by atoms with Gasteiger partial charge in [-0.1, -0.05) is 60.7 Å². The minimum Gasteiger partial charge on any atom is -0.456 e. The molecule has 0 aliphatic rings. The van der Waals surface area contributed by atoms with Crippen molar-refractivity contribution in [1.29, 1.82) is 0 Å². The van der Waals surface area contributed by atoms with Crippen LogP contribution < -0.4 is 4.74 Å². The summed E-state index contributed by atoms with van der Waals surface area (Å²) < 4.78 is 5.92. The van der Waals surface area contributed by atoms with Crippen LogP contribution in [-0.2, 0) is 4.79 Å². The van der Waals surface area contributed by atoms with E-state index in [1.165, 1.54) is 0 Å². The Labute approximate surface area is 123 Å². The zero-order valence-electron chi connectivity index (χ0n) is 11.3. The molecule has 0 saturated heterocycles. The number of rotatable bonds is 4. The Morgan fingerprint density at radius 2 is 1.29 bits per heavy atom. The molecule has 3 aromatic carbocycles. The molecule has 3 aromatic rings. The number of benzene rings is 3. The second-order valence-corrected chi connectivity index (χ2v) is 4.56. The van der Waals surface area contributed by atoms with Gasteiger partial charge in [-0.3, -0.25) is 4.79 Å². The minimum absolute atomic E-state index is 0.417. The van der Waals surface area contributed by atoms with Gasteiger partial charge in [-0.25, -0.2) is 0 Å². The summed E-state index contributed by atoms with van der Waals surface area (Å²) in [5, 5.41) is 0. The van der Waals surface area contributed by atoms with Crippen LogP contribution in [-0.4, -0.2) is 6.29 Å². The first-order chi connectivity index (χ1) is 10.4. The van der Waals surface area contributed by atoms with Gasteiger partial charge in [0, 0.05) is 5.56 Å². The summed E-state index contributed by atoms with van der Waals surface area (Å²) in [5.41, 5.74) is 2.47. The summed E-state index contributed by atoms with van der Waals surface area (Å²) in [5.74, 6) is 1.22. The van der Waals surface area contributed by atoms with Crippen LogP contribution in [0.15, 0.2) is 78.9 Å². The van der Waals surface area contributed by atoms with E-state index < -0.39 is 0 Å². The van der Waals surface area contributed by atoms with E-state index in [-0.39, 0.29) is 0 Å². The molecule has 0 heterocycles. The Hall–Kier alpha value is -2.87. The molecule has 0 fully saturated rings. The monoisotopic (exact) mass is 273 g/mol. The summed E-state index contributed by atoms with van der Waals surface area (Å²) >= 11 is 0. The molecule has 101 valence electrons. The Morgan fingerprint density at radius 3 is 2.05 bits per heavy atom. The average Bonchev–Trinajstić information content (AvgIpc) is 2.57. The zero-order chi connectivity index (χ0) is 14.5. The molecular weight excluding hydrogens is 260 g/mol.